The first-order chi connectivity index (χ1) is 14.4. The highest BCUT2D eigenvalue weighted by atomic mass is 16.1. The van der Waals surface area contributed by atoms with Crippen LogP contribution < -0.4 is 10.4 Å². The van der Waals surface area contributed by atoms with Crippen LogP contribution in [0.4, 0.5) is 5.69 Å². The monoisotopic (exact) mass is 403 g/mol. The summed E-state index contributed by atoms with van der Waals surface area (Å²) in [4.78, 5) is 20.9. The lowest BCUT2D eigenvalue weighted by Gasteiger charge is -2.33. The highest BCUT2D eigenvalue weighted by Gasteiger charge is 2.15. The average Bonchev–Trinajstić information content (AvgIpc) is 2.74. The summed E-state index contributed by atoms with van der Waals surface area (Å²) in [5.41, 5.74) is 3.28. The van der Waals surface area contributed by atoms with Gasteiger partial charge in [0.15, 0.2) is 5.78 Å². The minimum absolute atomic E-state index is 0.0739. The van der Waals surface area contributed by atoms with Gasteiger partial charge in [-0.15, -0.1) is 0 Å². The van der Waals surface area contributed by atoms with Crippen LogP contribution >= 0.6 is 0 Å². The molecule has 8 nitrogen and oxygen atoms in total. The normalized spacial score (nSPS) is 14.8. The molecule has 154 valence electrons. The zero-order chi connectivity index (χ0) is 21.3. The number of ketones is 1. The molecule has 1 saturated heterocycles. The predicted molar refractivity (Wildman–Crippen MR) is 116 cm³/mol. The fourth-order valence-corrected chi connectivity index (χ4v) is 3.60. The largest absolute Gasteiger partial charge is 0.368 e. The first-order valence-corrected chi connectivity index (χ1v) is 9.96. The molecule has 0 amide bonds. The Morgan fingerprint density at radius 2 is 1.87 bits per heavy atom. The summed E-state index contributed by atoms with van der Waals surface area (Å²) in [6.07, 6.45) is 2.23. The molecule has 0 atom stereocenters. The Kier molecular flexibility index (Phi) is 5.41. The van der Waals surface area contributed by atoms with Gasteiger partial charge in [-0.25, -0.2) is 4.68 Å². The van der Waals surface area contributed by atoms with E-state index in [0.29, 0.717) is 6.42 Å². The van der Waals surface area contributed by atoms with Crippen molar-refractivity contribution < 1.29 is 4.79 Å². The molecular weight excluding hydrogens is 378 g/mol. The Bertz CT molecular complexity index is 1180. The second-order valence-corrected chi connectivity index (χ2v) is 7.71. The van der Waals surface area contributed by atoms with Crippen molar-refractivity contribution in [3.8, 4) is 0 Å². The molecular formula is C22H25N7O. The number of anilines is 1. The van der Waals surface area contributed by atoms with E-state index >= 15 is 0 Å². The van der Waals surface area contributed by atoms with E-state index in [4.69, 9.17) is 10.8 Å². The number of likely N-dealkylation sites (N-methyl/N-ethyl adjacent to an activating group) is 1. The van der Waals surface area contributed by atoms with Gasteiger partial charge in [-0.2, -0.15) is 5.10 Å². The fourth-order valence-electron chi connectivity index (χ4n) is 3.60. The van der Waals surface area contributed by atoms with Crippen LogP contribution in [0.1, 0.15) is 23.0 Å². The summed E-state index contributed by atoms with van der Waals surface area (Å²) >= 11 is 0. The lowest BCUT2D eigenvalue weighted by molar-refractivity contribution is 0.101. The fraction of sp³-hybridized carbons (Fsp3) is 0.318. The van der Waals surface area contributed by atoms with Crippen LogP contribution in [0.3, 0.4) is 0 Å². The number of nitrogens with one attached hydrogen (secondary N) is 2. The standard InChI is InChI=1S/C22H25N7O/c1-15(30)19-5-6-21(23)29(26-19)22(24)12-16-3-4-20-17(11-16)13-18(14-25-20)28-9-7-27(2)8-10-28/h3-6,11,13-14,23-24H,7-10,12H2,1-2H3. The molecule has 4 rings (SSSR count). The Balaban J connectivity index is 1.59. The first kappa shape index (κ1) is 19.9. The molecule has 0 spiro atoms. The molecule has 0 aliphatic carbocycles. The van der Waals surface area contributed by atoms with Gasteiger partial charge in [0, 0.05) is 44.9 Å². The number of fused-ring (bicyclic) bond motifs is 1. The molecule has 3 aromatic rings. The summed E-state index contributed by atoms with van der Waals surface area (Å²) in [5, 5.41) is 21.6. The summed E-state index contributed by atoms with van der Waals surface area (Å²) < 4.78 is 1.21. The Labute approximate surface area is 174 Å². The number of benzene rings is 1. The topological polar surface area (TPSA) is 102 Å². The molecule has 1 aliphatic rings. The average molecular weight is 403 g/mol. The number of piperazine rings is 1. The van der Waals surface area contributed by atoms with Crippen molar-refractivity contribution in [2.24, 2.45) is 0 Å². The molecule has 2 N–H and O–H groups in total. The number of hydrogen-bond acceptors (Lipinski definition) is 7. The number of rotatable bonds is 4. The third kappa shape index (κ3) is 4.13. The number of carbonyl (C=O) groups is 1. The summed E-state index contributed by atoms with van der Waals surface area (Å²) in [5.74, 6) is -0.0459. The van der Waals surface area contributed by atoms with Gasteiger partial charge in [0.1, 0.15) is 17.0 Å². The van der Waals surface area contributed by atoms with Crippen LogP contribution in [0.15, 0.2) is 42.6 Å². The van der Waals surface area contributed by atoms with E-state index in [0.717, 1.165) is 48.3 Å². The van der Waals surface area contributed by atoms with E-state index in [9.17, 15) is 4.79 Å². The summed E-state index contributed by atoms with van der Waals surface area (Å²) in [6, 6.07) is 11.1. The van der Waals surface area contributed by atoms with Crippen LogP contribution in [-0.4, -0.2) is 64.5 Å². The van der Waals surface area contributed by atoms with E-state index < -0.39 is 0 Å². The van der Waals surface area contributed by atoms with Crippen molar-refractivity contribution >= 4 is 28.2 Å². The second kappa shape index (κ2) is 8.16. The van der Waals surface area contributed by atoms with E-state index in [-0.39, 0.29) is 22.8 Å². The lowest BCUT2D eigenvalue weighted by Crippen LogP contribution is -2.44. The van der Waals surface area contributed by atoms with E-state index in [1.165, 1.54) is 23.7 Å². The quantitative estimate of drug-likeness (QED) is 0.394. The molecule has 8 heteroatoms. The van der Waals surface area contributed by atoms with Gasteiger partial charge < -0.3 is 9.80 Å². The molecule has 0 unspecified atom stereocenters. The van der Waals surface area contributed by atoms with Crippen molar-refractivity contribution in [1.29, 1.82) is 10.8 Å². The molecule has 1 aliphatic heterocycles. The van der Waals surface area contributed by atoms with Crippen LogP contribution in [-0.2, 0) is 6.42 Å². The van der Waals surface area contributed by atoms with Gasteiger partial charge in [-0.1, -0.05) is 6.07 Å². The van der Waals surface area contributed by atoms with Gasteiger partial charge in [0.05, 0.1) is 17.4 Å². The molecule has 30 heavy (non-hydrogen) atoms. The number of pyridine rings is 1. The van der Waals surface area contributed by atoms with Crippen LogP contribution in [0, 0.1) is 10.8 Å². The number of nitrogens with zero attached hydrogens (tertiary/aromatic N) is 5. The predicted octanol–water partition coefficient (Wildman–Crippen LogP) is 1.93. The van der Waals surface area contributed by atoms with Crippen molar-refractivity contribution in [1.82, 2.24) is 19.7 Å². The highest BCUT2D eigenvalue weighted by Crippen LogP contribution is 2.22. The molecule has 1 fully saturated rings. The maximum Gasteiger partial charge on any atom is 0.179 e. The van der Waals surface area contributed by atoms with Crippen LogP contribution in [0.2, 0.25) is 0 Å². The molecule has 0 saturated carbocycles. The molecule has 1 aromatic carbocycles. The van der Waals surface area contributed by atoms with Crippen LogP contribution in [0.5, 0.6) is 0 Å². The lowest BCUT2D eigenvalue weighted by atomic mass is 10.1. The molecule has 2 aromatic heterocycles. The second-order valence-electron chi connectivity index (χ2n) is 7.71. The SMILES string of the molecule is CC(=O)c1ccc(=N)n(C(=N)Cc2ccc3ncc(N4CCN(C)CC4)cc3c2)n1. The maximum atomic E-state index is 11.6. The van der Waals surface area contributed by atoms with E-state index in [1.807, 2.05) is 24.4 Å². The van der Waals surface area contributed by atoms with Crippen molar-refractivity contribution in [3.63, 3.8) is 0 Å². The third-order valence-electron chi connectivity index (χ3n) is 5.42. The van der Waals surface area contributed by atoms with Crippen LogP contribution in [0.25, 0.3) is 10.9 Å². The zero-order valence-corrected chi connectivity index (χ0v) is 17.2. The van der Waals surface area contributed by atoms with Gasteiger partial charge in [0.25, 0.3) is 0 Å². The smallest absolute Gasteiger partial charge is 0.179 e. The third-order valence-corrected chi connectivity index (χ3v) is 5.42. The number of carbonyl (C=O) groups excluding carboxylic acids is 1. The maximum absolute atomic E-state index is 11.6. The van der Waals surface area contributed by atoms with E-state index in [1.54, 1.807) is 0 Å². The van der Waals surface area contributed by atoms with Gasteiger partial charge in [-0.3, -0.25) is 20.6 Å². The molecule has 0 radical (unpaired) electrons. The summed E-state index contributed by atoms with van der Waals surface area (Å²) in [6.45, 7) is 5.46. The molecule has 3 heterocycles. The van der Waals surface area contributed by atoms with E-state index in [2.05, 4.69) is 33.0 Å². The van der Waals surface area contributed by atoms with Crippen molar-refractivity contribution in [3.05, 3.63) is 59.3 Å². The zero-order valence-electron chi connectivity index (χ0n) is 17.2. The minimum Gasteiger partial charge on any atom is -0.368 e. The Hall–Kier alpha value is -3.39. The van der Waals surface area contributed by atoms with Crippen molar-refractivity contribution in [2.45, 2.75) is 13.3 Å². The number of Topliss-reactive ketones (excluding diaryl/α,β-unsaturated/α-hetero) is 1. The number of aromatic nitrogens is 3. The Morgan fingerprint density at radius 3 is 2.60 bits per heavy atom. The van der Waals surface area contributed by atoms with Gasteiger partial charge in [0.2, 0.25) is 0 Å². The Morgan fingerprint density at radius 1 is 1.10 bits per heavy atom. The van der Waals surface area contributed by atoms with Gasteiger partial charge >= 0.3 is 0 Å². The minimum atomic E-state index is -0.190. The molecule has 0 bridgehead atoms. The van der Waals surface area contributed by atoms with Gasteiger partial charge in [-0.05, 0) is 42.9 Å². The summed E-state index contributed by atoms with van der Waals surface area (Å²) in [7, 11) is 2.14. The van der Waals surface area contributed by atoms with Crippen molar-refractivity contribution in [2.75, 3.05) is 38.1 Å². The first-order valence-electron chi connectivity index (χ1n) is 9.96. The highest BCUT2D eigenvalue weighted by molar-refractivity contribution is 5.92. The number of hydrogen-bond donors (Lipinski definition) is 2.